The molecule has 132 valence electrons. The number of nitrogens with two attached hydrogens (primary N) is 1. The van der Waals surface area contributed by atoms with Gasteiger partial charge in [-0.2, -0.15) is 5.26 Å². The molecule has 2 amide bonds. The quantitative estimate of drug-likeness (QED) is 0.757. The van der Waals surface area contributed by atoms with Crippen molar-refractivity contribution >= 4 is 17.8 Å². The molecule has 3 N–H and O–H groups in total. The van der Waals surface area contributed by atoms with E-state index in [9.17, 15) is 14.4 Å². The normalized spacial score (nSPS) is 11.1. The molecular formula is C19H17N3O4. The molecule has 0 unspecified atom stereocenters. The van der Waals surface area contributed by atoms with Gasteiger partial charge in [-0.15, -0.1) is 0 Å². The molecule has 1 atom stereocenters. The molecule has 2 rings (SSSR count). The first-order chi connectivity index (χ1) is 12.4. The molecule has 26 heavy (non-hydrogen) atoms. The lowest BCUT2D eigenvalue weighted by Gasteiger charge is -2.16. The van der Waals surface area contributed by atoms with Crippen molar-refractivity contribution in [2.24, 2.45) is 5.73 Å². The highest BCUT2D eigenvalue weighted by Gasteiger charge is 2.20. The first kappa shape index (κ1) is 18.7. The summed E-state index contributed by atoms with van der Waals surface area (Å²) >= 11 is 0. The molecule has 0 saturated carbocycles. The highest BCUT2D eigenvalue weighted by Crippen LogP contribution is 2.09. The van der Waals surface area contributed by atoms with Gasteiger partial charge in [0.05, 0.1) is 24.3 Å². The van der Waals surface area contributed by atoms with Crippen LogP contribution in [0.2, 0.25) is 0 Å². The van der Waals surface area contributed by atoms with E-state index in [1.165, 1.54) is 25.3 Å². The lowest BCUT2D eigenvalue weighted by molar-refractivity contribution is -0.119. The van der Waals surface area contributed by atoms with E-state index < -0.39 is 23.8 Å². The van der Waals surface area contributed by atoms with Gasteiger partial charge in [0.15, 0.2) is 0 Å². The molecule has 0 radical (unpaired) electrons. The first-order valence-corrected chi connectivity index (χ1v) is 7.72. The zero-order valence-electron chi connectivity index (χ0n) is 14.1. The van der Waals surface area contributed by atoms with E-state index in [-0.39, 0.29) is 17.5 Å². The molecule has 2 aromatic carbocycles. The number of carbonyl (C=O) groups excluding carboxylic acids is 3. The van der Waals surface area contributed by atoms with Crippen LogP contribution in [0.5, 0.6) is 0 Å². The van der Waals surface area contributed by atoms with Crippen LogP contribution < -0.4 is 11.1 Å². The highest BCUT2D eigenvalue weighted by atomic mass is 16.5. The zero-order valence-corrected chi connectivity index (χ0v) is 14.1. The van der Waals surface area contributed by atoms with Crippen molar-refractivity contribution in [1.82, 2.24) is 5.32 Å². The topological polar surface area (TPSA) is 122 Å². The second kappa shape index (κ2) is 8.44. The third-order valence-electron chi connectivity index (χ3n) is 3.72. The minimum absolute atomic E-state index is 0.184. The number of rotatable bonds is 6. The van der Waals surface area contributed by atoms with Crippen LogP contribution in [0.3, 0.4) is 0 Å². The molecule has 0 bridgehead atoms. The fraction of sp³-hybridized carbons (Fsp3) is 0.158. The molecule has 0 saturated heterocycles. The van der Waals surface area contributed by atoms with Crippen LogP contribution in [-0.4, -0.2) is 30.9 Å². The minimum Gasteiger partial charge on any atom is -0.465 e. The minimum atomic E-state index is -0.933. The van der Waals surface area contributed by atoms with Gasteiger partial charge in [-0.25, -0.2) is 4.79 Å². The summed E-state index contributed by atoms with van der Waals surface area (Å²) in [6.07, 6.45) is 0.184. The Bertz CT molecular complexity index is 869. The zero-order chi connectivity index (χ0) is 19.1. The summed E-state index contributed by atoms with van der Waals surface area (Å²) < 4.78 is 4.62. The largest absolute Gasteiger partial charge is 0.465 e. The second-order valence-corrected chi connectivity index (χ2v) is 5.51. The Labute approximate surface area is 150 Å². The number of methoxy groups -OCH3 is 1. The van der Waals surface area contributed by atoms with E-state index in [0.717, 1.165) is 5.56 Å². The molecule has 0 aliphatic rings. The van der Waals surface area contributed by atoms with Crippen LogP contribution in [0.4, 0.5) is 0 Å². The van der Waals surface area contributed by atoms with Gasteiger partial charge in [0.1, 0.15) is 6.04 Å². The predicted molar refractivity (Wildman–Crippen MR) is 93.1 cm³/mol. The van der Waals surface area contributed by atoms with Crippen molar-refractivity contribution < 1.29 is 19.1 Å². The van der Waals surface area contributed by atoms with E-state index in [1.54, 1.807) is 30.3 Å². The Morgan fingerprint density at radius 1 is 1.15 bits per heavy atom. The monoisotopic (exact) mass is 351 g/mol. The summed E-state index contributed by atoms with van der Waals surface area (Å²) in [6, 6.07) is 13.6. The van der Waals surface area contributed by atoms with Crippen LogP contribution in [0.15, 0.2) is 48.5 Å². The summed E-state index contributed by atoms with van der Waals surface area (Å²) in [5.41, 5.74) is 7.06. The third-order valence-corrected chi connectivity index (χ3v) is 3.72. The predicted octanol–water partition coefficient (Wildman–Crippen LogP) is 1.17. The second-order valence-electron chi connectivity index (χ2n) is 5.51. The number of hydrogen-bond acceptors (Lipinski definition) is 5. The van der Waals surface area contributed by atoms with Gasteiger partial charge in [0.2, 0.25) is 5.91 Å². The smallest absolute Gasteiger partial charge is 0.337 e. The van der Waals surface area contributed by atoms with Crippen LogP contribution >= 0.6 is 0 Å². The molecule has 0 aliphatic heterocycles. The number of nitriles is 1. The summed E-state index contributed by atoms with van der Waals surface area (Å²) in [5, 5.41) is 11.4. The van der Waals surface area contributed by atoms with Crippen molar-refractivity contribution in [2.45, 2.75) is 12.5 Å². The van der Waals surface area contributed by atoms with E-state index in [4.69, 9.17) is 11.0 Å². The maximum atomic E-state index is 12.4. The first-order valence-electron chi connectivity index (χ1n) is 7.72. The van der Waals surface area contributed by atoms with E-state index in [2.05, 4.69) is 10.1 Å². The number of carbonyl (C=O) groups is 3. The molecule has 7 heteroatoms. The van der Waals surface area contributed by atoms with Crippen molar-refractivity contribution in [2.75, 3.05) is 7.11 Å². The van der Waals surface area contributed by atoms with Crippen molar-refractivity contribution in [1.29, 1.82) is 5.26 Å². The summed E-state index contributed by atoms with van der Waals surface area (Å²) in [6.45, 7) is 0. The van der Waals surface area contributed by atoms with E-state index >= 15 is 0 Å². The number of esters is 1. The lowest BCUT2D eigenvalue weighted by Crippen LogP contribution is -2.45. The van der Waals surface area contributed by atoms with Gasteiger partial charge in [-0.1, -0.05) is 18.2 Å². The molecular weight excluding hydrogens is 334 g/mol. The molecule has 2 aromatic rings. The molecule has 0 heterocycles. The number of benzene rings is 2. The van der Waals surface area contributed by atoms with E-state index in [1.807, 2.05) is 6.07 Å². The van der Waals surface area contributed by atoms with Gasteiger partial charge in [0.25, 0.3) is 5.91 Å². The van der Waals surface area contributed by atoms with Gasteiger partial charge in [0, 0.05) is 12.0 Å². The summed E-state index contributed by atoms with van der Waals surface area (Å²) in [7, 11) is 1.25. The summed E-state index contributed by atoms with van der Waals surface area (Å²) in [5.74, 6) is -1.79. The highest BCUT2D eigenvalue weighted by molar-refractivity contribution is 5.99. The standard InChI is InChI=1S/C19H17N3O4/c1-26-19(25)15-4-2-3-14(10-15)18(24)22-16(17(21)23)9-12-5-7-13(11-20)8-6-12/h2-8,10,16H,9H2,1H3,(H2,21,23)(H,22,24)/t16-/m1/s1. The fourth-order valence-corrected chi connectivity index (χ4v) is 2.32. The van der Waals surface area contributed by atoms with Crippen molar-refractivity contribution in [3.63, 3.8) is 0 Å². The van der Waals surface area contributed by atoms with Crippen LogP contribution in [0, 0.1) is 11.3 Å². The number of amides is 2. The summed E-state index contributed by atoms with van der Waals surface area (Å²) in [4.78, 5) is 35.7. The van der Waals surface area contributed by atoms with E-state index in [0.29, 0.717) is 5.56 Å². The maximum Gasteiger partial charge on any atom is 0.337 e. The molecule has 0 aliphatic carbocycles. The van der Waals surface area contributed by atoms with Crippen molar-refractivity contribution in [3.05, 3.63) is 70.8 Å². The lowest BCUT2D eigenvalue weighted by atomic mass is 10.0. The van der Waals surface area contributed by atoms with Crippen LogP contribution in [0.1, 0.15) is 31.8 Å². The third kappa shape index (κ3) is 4.68. The average Bonchev–Trinajstić information content (AvgIpc) is 2.67. The molecule has 0 fully saturated rings. The van der Waals surface area contributed by atoms with Crippen molar-refractivity contribution in [3.8, 4) is 6.07 Å². The average molecular weight is 351 g/mol. The van der Waals surface area contributed by atoms with Crippen LogP contribution in [0.25, 0.3) is 0 Å². The number of hydrogen-bond donors (Lipinski definition) is 2. The number of primary amides is 1. The van der Waals surface area contributed by atoms with Gasteiger partial charge in [-0.05, 0) is 35.9 Å². The van der Waals surface area contributed by atoms with Gasteiger partial charge in [-0.3, -0.25) is 9.59 Å². The Morgan fingerprint density at radius 3 is 2.38 bits per heavy atom. The number of ether oxygens (including phenoxy) is 1. The van der Waals surface area contributed by atoms with Gasteiger partial charge >= 0.3 is 5.97 Å². The fourth-order valence-electron chi connectivity index (χ4n) is 2.32. The molecule has 0 aromatic heterocycles. The maximum absolute atomic E-state index is 12.4. The Morgan fingerprint density at radius 2 is 1.81 bits per heavy atom. The number of nitrogens with one attached hydrogen (secondary N) is 1. The molecule has 0 spiro atoms. The van der Waals surface area contributed by atoms with Crippen LogP contribution in [-0.2, 0) is 16.0 Å². The Balaban J connectivity index is 2.14. The Hall–Kier alpha value is -3.66. The SMILES string of the molecule is COC(=O)c1cccc(C(=O)N[C@H](Cc2ccc(C#N)cc2)C(N)=O)c1. The van der Waals surface area contributed by atoms with Gasteiger partial charge < -0.3 is 15.8 Å². The molecule has 7 nitrogen and oxygen atoms in total. The number of nitrogens with zero attached hydrogens (tertiary/aromatic N) is 1. The Kier molecular flexibility index (Phi) is 6.06.